The van der Waals surface area contributed by atoms with Crippen molar-refractivity contribution in [3.63, 3.8) is 0 Å². The highest BCUT2D eigenvalue weighted by atomic mass is 32.2. The monoisotopic (exact) mass is 489 g/mol. The molecule has 9 heteroatoms. The number of likely N-dealkylation sites (N-methyl/N-ethyl adjacent to an activating group) is 1. The standard InChI is InChI=1S/C25H35N3O5S/c1-6-16-26-25(30)23(7-2)28(17-20-10-12-21(33-5)13-11-20)24(29)18-27(4)34(31,32)22-14-8-19(3)9-15-22/h8-15,23H,6-7,16-18H2,1-5H3,(H,26,30). The predicted molar refractivity (Wildman–Crippen MR) is 132 cm³/mol. The Morgan fingerprint density at radius 2 is 1.65 bits per heavy atom. The van der Waals surface area contributed by atoms with Crippen molar-refractivity contribution in [1.29, 1.82) is 0 Å². The number of ether oxygens (including phenoxy) is 1. The highest BCUT2D eigenvalue weighted by molar-refractivity contribution is 7.89. The van der Waals surface area contributed by atoms with E-state index in [0.29, 0.717) is 18.7 Å². The molecule has 0 aliphatic heterocycles. The topological polar surface area (TPSA) is 96.0 Å². The van der Waals surface area contributed by atoms with E-state index in [1.54, 1.807) is 31.4 Å². The van der Waals surface area contributed by atoms with Crippen LogP contribution >= 0.6 is 0 Å². The number of nitrogens with one attached hydrogen (secondary N) is 1. The Kier molecular flexibility index (Phi) is 10.1. The molecule has 2 aromatic rings. The van der Waals surface area contributed by atoms with Crippen molar-refractivity contribution < 1.29 is 22.7 Å². The van der Waals surface area contributed by atoms with Gasteiger partial charge in [0.15, 0.2) is 0 Å². The molecule has 0 heterocycles. The summed E-state index contributed by atoms with van der Waals surface area (Å²) in [5, 5.41) is 2.85. The molecule has 1 N–H and O–H groups in total. The van der Waals surface area contributed by atoms with Gasteiger partial charge in [0, 0.05) is 20.1 Å². The summed E-state index contributed by atoms with van der Waals surface area (Å²) in [6, 6.07) is 12.9. The summed E-state index contributed by atoms with van der Waals surface area (Å²) in [4.78, 5) is 27.8. The number of hydrogen-bond donors (Lipinski definition) is 1. The molecule has 2 amide bonds. The van der Waals surface area contributed by atoms with Crippen LogP contribution in [0.15, 0.2) is 53.4 Å². The van der Waals surface area contributed by atoms with Gasteiger partial charge in [0.25, 0.3) is 0 Å². The molecule has 2 aromatic carbocycles. The van der Waals surface area contributed by atoms with E-state index in [-0.39, 0.29) is 23.9 Å². The number of carbonyl (C=O) groups excluding carboxylic acids is 2. The van der Waals surface area contributed by atoms with Crippen molar-refractivity contribution in [3.8, 4) is 5.75 Å². The van der Waals surface area contributed by atoms with Crippen molar-refractivity contribution >= 4 is 21.8 Å². The lowest BCUT2D eigenvalue weighted by molar-refractivity contribution is -0.141. The van der Waals surface area contributed by atoms with E-state index >= 15 is 0 Å². The maximum atomic E-state index is 13.4. The Hall–Kier alpha value is -2.91. The largest absolute Gasteiger partial charge is 0.497 e. The van der Waals surface area contributed by atoms with Gasteiger partial charge in [-0.05, 0) is 49.6 Å². The molecule has 8 nitrogen and oxygen atoms in total. The van der Waals surface area contributed by atoms with E-state index in [1.807, 2.05) is 32.9 Å². The number of nitrogens with zero attached hydrogens (tertiary/aromatic N) is 2. The van der Waals surface area contributed by atoms with Crippen molar-refractivity contribution in [2.45, 2.75) is 51.1 Å². The van der Waals surface area contributed by atoms with Crippen LogP contribution in [0.3, 0.4) is 0 Å². The van der Waals surface area contributed by atoms with Crippen LogP contribution < -0.4 is 10.1 Å². The maximum Gasteiger partial charge on any atom is 0.243 e. The van der Waals surface area contributed by atoms with Crippen LogP contribution in [0.4, 0.5) is 0 Å². The third-order valence-corrected chi connectivity index (χ3v) is 7.35. The Morgan fingerprint density at radius 1 is 1.03 bits per heavy atom. The number of methoxy groups -OCH3 is 1. The maximum absolute atomic E-state index is 13.4. The fraction of sp³-hybridized carbons (Fsp3) is 0.440. The molecule has 1 atom stereocenters. The minimum absolute atomic E-state index is 0.114. The molecule has 0 aliphatic carbocycles. The second-order valence-corrected chi connectivity index (χ2v) is 10.2. The second-order valence-electron chi connectivity index (χ2n) is 8.16. The molecular weight excluding hydrogens is 454 g/mol. The van der Waals surface area contributed by atoms with E-state index in [4.69, 9.17) is 4.74 Å². The van der Waals surface area contributed by atoms with Gasteiger partial charge in [-0.15, -0.1) is 0 Å². The van der Waals surface area contributed by atoms with Crippen molar-refractivity contribution in [2.24, 2.45) is 0 Å². The van der Waals surface area contributed by atoms with Gasteiger partial charge in [-0.25, -0.2) is 8.42 Å². The molecule has 34 heavy (non-hydrogen) atoms. The number of hydrogen-bond acceptors (Lipinski definition) is 5. The van der Waals surface area contributed by atoms with Crippen LogP contribution in [0.5, 0.6) is 5.75 Å². The molecule has 0 radical (unpaired) electrons. The van der Waals surface area contributed by atoms with Gasteiger partial charge in [0.1, 0.15) is 11.8 Å². The number of carbonyl (C=O) groups is 2. The summed E-state index contributed by atoms with van der Waals surface area (Å²) in [6.07, 6.45) is 1.16. The quantitative estimate of drug-likeness (QED) is 0.495. The van der Waals surface area contributed by atoms with Gasteiger partial charge >= 0.3 is 0 Å². The molecule has 0 spiro atoms. The molecule has 186 valence electrons. The molecule has 0 saturated heterocycles. The van der Waals surface area contributed by atoms with Gasteiger partial charge in [0.2, 0.25) is 21.8 Å². The van der Waals surface area contributed by atoms with Gasteiger partial charge in [-0.1, -0.05) is 43.7 Å². The molecule has 0 aromatic heterocycles. The first-order valence-electron chi connectivity index (χ1n) is 11.4. The van der Waals surface area contributed by atoms with E-state index in [1.165, 1.54) is 24.1 Å². The molecule has 1 unspecified atom stereocenters. The fourth-order valence-electron chi connectivity index (χ4n) is 3.47. The van der Waals surface area contributed by atoms with E-state index in [0.717, 1.165) is 21.9 Å². The zero-order valence-corrected chi connectivity index (χ0v) is 21.4. The van der Waals surface area contributed by atoms with Crippen LogP contribution in [0.25, 0.3) is 0 Å². The summed E-state index contributed by atoms with van der Waals surface area (Å²) in [5.74, 6) is -0.0268. The number of sulfonamides is 1. The summed E-state index contributed by atoms with van der Waals surface area (Å²) in [6.45, 7) is 5.93. The minimum atomic E-state index is -3.86. The van der Waals surface area contributed by atoms with Crippen molar-refractivity contribution in [3.05, 3.63) is 59.7 Å². The van der Waals surface area contributed by atoms with Crippen LogP contribution in [0.2, 0.25) is 0 Å². The highest BCUT2D eigenvalue weighted by Gasteiger charge is 2.31. The average molecular weight is 490 g/mol. The minimum Gasteiger partial charge on any atom is -0.497 e. The Balaban J connectivity index is 2.30. The van der Waals surface area contributed by atoms with Crippen LogP contribution in [0, 0.1) is 6.92 Å². The summed E-state index contributed by atoms with van der Waals surface area (Å²) in [5.41, 5.74) is 1.74. The summed E-state index contributed by atoms with van der Waals surface area (Å²) >= 11 is 0. The van der Waals surface area contributed by atoms with E-state index < -0.39 is 22.0 Å². The van der Waals surface area contributed by atoms with Gasteiger partial charge in [-0.3, -0.25) is 9.59 Å². The molecule has 0 fully saturated rings. The Bertz CT molecular complexity index is 1050. The van der Waals surface area contributed by atoms with Crippen LogP contribution in [0.1, 0.15) is 37.8 Å². The molecule has 2 rings (SSSR count). The van der Waals surface area contributed by atoms with Gasteiger partial charge < -0.3 is 15.0 Å². The third kappa shape index (κ3) is 7.04. The van der Waals surface area contributed by atoms with Crippen LogP contribution in [-0.2, 0) is 26.2 Å². The van der Waals surface area contributed by atoms with Gasteiger partial charge in [-0.2, -0.15) is 4.31 Å². The third-order valence-electron chi connectivity index (χ3n) is 5.53. The first-order valence-corrected chi connectivity index (χ1v) is 12.8. The average Bonchev–Trinajstić information content (AvgIpc) is 2.83. The number of amides is 2. The zero-order valence-electron chi connectivity index (χ0n) is 20.6. The highest BCUT2D eigenvalue weighted by Crippen LogP contribution is 2.19. The predicted octanol–water partition coefficient (Wildman–Crippen LogP) is 2.96. The lowest BCUT2D eigenvalue weighted by atomic mass is 10.1. The molecule has 0 aliphatic rings. The van der Waals surface area contributed by atoms with Crippen LogP contribution in [-0.4, -0.2) is 62.7 Å². The van der Waals surface area contributed by atoms with Crippen molar-refractivity contribution in [2.75, 3.05) is 27.2 Å². The van der Waals surface area contributed by atoms with E-state index in [2.05, 4.69) is 5.32 Å². The SMILES string of the molecule is CCCNC(=O)C(CC)N(Cc1ccc(OC)cc1)C(=O)CN(C)S(=O)(=O)c1ccc(C)cc1. The van der Waals surface area contributed by atoms with E-state index in [9.17, 15) is 18.0 Å². The number of benzene rings is 2. The second kappa shape index (κ2) is 12.5. The van der Waals surface area contributed by atoms with Crippen molar-refractivity contribution in [1.82, 2.24) is 14.5 Å². The lowest BCUT2D eigenvalue weighted by Crippen LogP contribution is -2.51. The molecule has 0 saturated carbocycles. The summed E-state index contributed by atoms with van der Waals surface area (Å²) in [7, 11) is -0.923. The zero-order chi connectivity index (χ0) is 25.3. The lowest BCUT2D eigenvalue weighted by Gasteiger charge is -2.32. The Labute approximate surface area is 202 Å². The smallest absolute Gasteiger partial charge is 0.243 e. The first-order chi connectivity index (χ1) is 16.1. The number of rotatable bonds is 12. The summed E-state index contributed by atoms with van der Waals surface area (Å²) < 4.78 is 32.2. The molecular formula is C25H35N3O5S. The Morgan fingerprint density at radius 3 is 2.18 bits per heavy atom. The number of aryl methyl sites for hydroxylation is 1. The fourth-order valence-corrected chi connectivity index (χ4v) is 4.59. The normalized spacial score (nSPS) is 12.3. The first kappa shape index (κ1) is 27.3. The molecule has 0 bridgehead atoms. The van der Waals surface area contributed by atoms with Gasteiger partial charge in [0.05, 0.1) is 18.6 Å².